The van der Waals surface area contributed by atoms with Crippen LogP contribution in [0.25, 0.3) is 0 Å². The molecule has 2 aliphatic rings. The van der Waals surface area contributed by atoms with Crippen molar-refractivity contribution >= 4 is 0 Å². The third-order valence-electron chi connectivity index (χ3n) is 8.88. The van der Waals surface area contributed by atoms with Crippen LogP contribution >= 0.6 is 0 Å². The van der Waals surface area contributed by atoms with Gasteiger partial charge in [0.15, 0.2) is 0 Å². The van der Waals surface area contributed by atoms with E-state index >= 15 is 0 Å². The van der Waals surface area contributed by atoms with E-state index < -0.39 is 0 Å². The normalized spacial score (nSPS) is 18.5. The van der Waals surface area contributed by atoms with Gasteiger partial charge < -0.3 is 14.2 Å². The number of nitrogens with zero attached hydrogens (tertiary/aromatic N) is 2. The molecule has 2 heterocycles. The van der Waals surface area contributed by atoms with E-state index in [4.69, 9.17) is 14.2 Å². The Hall–Kier alpha value is -3.02. The number of fused-ring (bicyclic) bond motifs is 1. The molecule has 0 atom stereocenters. The Labute approximate surface area is 247 Å². The van der Waals surface area contributed by atoms with Gasteiger partial charge in [-0.15, -0.1) is 0 Å². The van der Waals surface area contributed by atoms with Crippen LogP contribution in [0.1, 0.15) is 62.1 Å². The van der Waals surface area contributed by atoms with Gasteiger partial charge in [-0.2, -0.15) is 0 Å². The number of piperidine rings is 1. The number of aryl methyl sites for hydroxylation is 1. The van der Waals surface area contributed by atoms with Crippen molar-refractivity contribution in [3.05, 3.63) is 89.5 Å². The topological polar surface area (TPSA) is 34.2 Å². The molecule has 0 N–H and O–H groups in total. The number of rotatable bonds is 8. The zero-order valence-electron chi connectivity index (χ0n) is 25.2. The number of hydrogen-bond acceptors (Lipinski definition) is 5. The van der Waals surface area contributed by atoms with Gasteiger partial charge in [0, 0.05) is 26.2 Å². The molecule has 41 heavy (non-hydrogen) atoms. The lowest BCUT2D eigenvalue weighted by atomic mass is 9.73. The molecule has 3 aromatic rings. The Morgan fingerprint density at radius 3 is 2.15 bits per heavy atom. The Morgan fingerprint density at radius 2 is 1.44 bits per heavy atom. The summed E-state index contributed by atoms with van der Waals surface area (Å²) >= 11 is 0. The maximum atomic E-state index is 6.38. The van der Waals surface area contributed by atoms with E-state index in [1.807, 2.05) is 0 Å². The SMILES string of the molecule is CCCOc1ccc(CN2CCC3(CCCCc4ccccc4OCCN(Cc4ccc(OC)cc4)C3)CC2)cc1. The summed E-state index contributed by atoms with van der Waals surface area (Å²) in [7, 11) is 1.73. The van der Waals surface area contributed by atoms with Gasteiger partial charge in [-0.1, -0.05) is 55.8 Å². The molecule has 0 aliphatic carbocycles. The van der Waals surface area contributed by atoms with Crippen molar-refractivity contribution < 1.29 is 14.2 Å². The molecule has 5 heteroatoms. The second-order valence-corrected chi connectivity index (χ2v) is 12.0. The van der Waals surface area contributed by atoms with Crippen LogP contribution in [-0.2, 0) is 19.5 Å². The first-order valence-corrected chi connectivity index (χ1v) is 15.6. The molecule has 1 saturated heterocycles. The molecule has 3 aromatic carbocycles. The van der Waals surface area contributed by atoms with E-state index in [2.05, 4.69) is 89.5 Å². The Balaban J connectivity index is 1.26. The number of ether oxygens (including phenoxy) is 3. The molecule has 5 nitrogen and oxygen atoms in total. The molecular weight excluding hydrogens is 508 g/mol. The van der Waals surface area contributed by atoms with Gasteiger partial charge in [0.05, 0.1) is 13.7 Å². The van der Waals surface area contributed by atoms with Gasteiger partial charge in [-0.05, 0) is 104 Å². The molecular formula is C36H48N2O3. The third-order valence-corrected chi connectivity index (χ3v) is 8.88. The standard InChI is InChI=1S/C36H48N2O3/c1-3-25-40-34-17-13-30(14-18-34)27-37-22-20-36(21-23-37)19-7-6-9-32-8-4-5-10-35(32)41-26-24-38(29-36)28-31-11-15-33(39-2)16-12-31/h4-5,8,10-18H,3,6-7,9,19-29H2,1-2H3. The highest BCUT2D eigenvalue weighted by molar-refractivity contribution is 5.33. The molecule has 0 amide bonds. The summed E-state index contributed by atoms with van der Waals surface area (Å²) in [5.74, 6) is 2.95. The van der Waals surface area contributed by atoms with Crippen LogP contribution in [0.15, 0.2) is 72.8 Å². The maximum absolute atomic E-state index is 6.38. The number of benzene rings is 3. The van der Waals surface area contributed by atoms with Crippen LogP contribution in [0, 0.1) is 5.41 Å². The molecule has 2 aliphatic heterocycles. The lowest BCUT2D eigenvalue weighted by molar-refractivity contribution is 0.0410. The summed E-state index contributed by atoms with van der Waals surface area (Å²) in [5.41, 5.74) is 4.40. The van der Waals surface area contributed by atoms with Gasteiger partial charge in [-0.3, -0.25) is 9.80 Å². The van der Waals surface area contributed by atoms with Crippen molar-refractivity contribution in [3.8, 4) is 17.2 Å². The minimum Gasteiger partial charge on any atom is -0.497 e. The van der Waals surface area contributed by atoms with Crippen molar-refractivity contribution in [1.82, 2.24) is 9.80 Å². The lowest BCUT2D eigenvalue weighted by Gasteiger charge is -2.45. The number of hydrogen-bond donors (Lipinski definition) is 0. The van der Waals surface area contributed by atoms with E-state index in [-0.39, 0.29) is 0 Å². The molecule has 220 valence electrons. The average molecular weight is 557 g/mol. The molecule has 0 bridgehead atoms. The highest BCUT2D eigenvalue weighted by atomic mass is 16.5. The summed E-state index contributed by atoms with van der Waals surface area (Å²) in [6.07, 6.45) is 8.43. The van der Waals surface area contributed by atoms with E-state index in [9.17, 15) is 0 Å². The number of likely N-dealkylation sites (tertiary alicyclic amines) is 1. The minimum absolute atomic E-state index is 0.347. The van der Waals surface area contributed by atoms with Gasteiger partial charge in [-0.25, -0.2) is 0 Å². The molecule has 1 spiro atoms. The zero-order valence-corrected chi connectivity index (χ0v) is 25.2. The van der Waals surface area contributed by atoms with Gasteiger partial charge in [0.2, 0.25) is 0 Å². The minimum atomic E-state index is 0.347. The van der Waals surface area contributed by atoms with Crippen molar-refractivity contribution in [2.24, 2.45) is 5.41 Å². The lowest BCUT2D eigenvalue weighted by Crippen LogP contribution is -2.46. The predicted molar refractivity (Wildman–Crippen MR) is 167 cm³/mol. The maximum Gasteiger partial charge on any atom is 0.122 e. The zero-order chi connectivity index (χ0) is 28.3. The van der Waals surface area contributed by atoms with Crippen LogP contribution in [0.4, 0.5) is 0 Å². The first-order chi connectivity index (χ1) is 20.1. The molecule has 0 aromatic heterocycles. The Morgan fingerprint density at radius 1 is 0.756 bits per heavy atom. The quantitative estimate of drug-likeness (QED) is 0.289. The molecule has 0 unspecified atom stereocenters. The monoisotopic (exact) mass is 556 g/mol. The molecule has 1 fully saturated rings. The van der Waals surface area contributed by atoms with Crippen LogP contribution < -0.4 is 14.2 Å². The fraction of sp³-hybridized carbons (Fsp3) is 0.500. The first kappa shape index (κ1) is 29.5. The predicted octanol–water partition coefficient (Wildman–Crippen LogP) is 7.37. The highest BCUT2D eigenvalue weighted by Gasteiger charge is 2.36. The van der Waals surface area contributed by atoms with E-state index in [1.165, 1.54) is 48.8 Å². The van der Waals surface area contributed by atoms with Crippen LogP contribution in [0.3, 0.4) is 0 Å². The number of methoxy groups -OCH3 is 1. The molecule has 0 saturated carbocycles. The fourth-order valence-electron chi connectivity index (χ4n) is 6.47. The summed E-state index contributed by atoms with van der Waals surface area (Å²) < 4.78 is 17.6. The van der Waals surface area contributed by atoms with Gasteiger partial charge in [0.1, 0.15) is 23.9 Å². The van der Waals surface area contributed by atoms with E-state index in [0.29, 0.717) is 12.0 Å². The summed E-state index contributed by atoms with van der Waals surface area (Å²) in [6, 6.07) is 25.9. The molecule has 5 rings (SSSR count). The van der Waals surface area contributed by atoms with Crippen molar-refractivity contribution in [3.63, 3.8) is 0 Å². The largest absolute Gasteiger partial charge is 0.497 e. The summed E-state index contributed by atoms with van der Waals surface area (Å²) in [6.45, 7) is 9.96. The van der Waals surface area contributed by atoms with Crippen LogP contribution in [0.5, 0.6) is 17.2 Å². The Kier molecular flexibility index (Phi) is 10.6. The number of para-hydroxylation sites is 1. The summed E-state index contributed by atoms with van der Waals surface area (Å²) in [5, 5.41) is 0. The second-order valence-electron chi connectivity index (χ2n) is 12.0. The van der Waals surface area contributed by atoms with Gasteiger partial charge >= 0.3 is 0 Å². The van der Waals surface area contributed by atoms with Crippen molar-refractivity contribution in [2.45, 2.75) is 65.0 Å². The van der Waals surface area contributed by atoms with E-state index in [0.717, 1.165) is 76.0 Å². The summed E-state index contributed by atoms with van der Waals surface area (Å²) in [4.78, 5) is 5.30. The first-order valence-electron chi connectivity index (χ1n) is 15.6. The van der Waals surface area contributed by atoms with E-state index in [1.54, 1.807) is 7.11 Å². The Bertz CT molecular complexity index is 1190. The second kappa shape index (κ2) is 14.7. The van der Waals surface area contributed by atoms with Crippen molar-refractivity contribution in [2.75, 3.05) is 46.5 Å². The third kappa shape index (κ3) is 8.50. The molecule has 0 radical (unpaired) electrons. The van der Waals surface area contributed by atoms with Crippen LogP contribution in [-0.4, -0.2) is 56.3 Å². The average Bonchev–Trinajstić information content (AvgIpc) is 3.00. The van der Waals surface area contributed by atoms with Gasteiger partial charge in [0.25, 0.3) is 0 Å². The smallest absolute Gasteiger partial charge is 0.122 e. The highest BCUT2D eigenvalue weighted by Crippen LogP contribution is 2.39. The fourth-order valence-corrected chi connectivity index (χ4v) is 6.47. The van der Waals surface area contributed by atoms with Crippen LogP contribution in [0.2, 0.25) is 0 Å². The van der Waals surface area contributed by atoms with Crippen molar-refractivity contribution in [1.29, 1.82) is 0 Å².